The van der Waals surface area contributed by atoms with E-state index in [0.29, 0.717) is 5.56 Å². The quantitative estimate of drug-likeness (QED) is 0.805. The average Bonchev–Trinajstić information content (AvgIpc) is 2.66. The van der Waals surface area contributed by atoms with E-state index < -0.39 is 22.1 Å². The van der Waals surface area contributed by atoms with Crippen molar-refractivity contribution in [2.45, 2.75) is 17.9 Å². The van der Waals surface area contributed by atoms with Gasteiger partial charge in [-0.1, -0.05) is 0 Å². The normalized spacial score (nSPS) is 17.5. The summed E-state index contributed by atoms with van der Waals surface area (Å²) in [4.78, 5) is 11.6. The van der Waals surface area contributed by atoms with Crippen molar-refractivity contribution in [3.05, 3.63) is 15.8 Å². The molecule has 1 fully saturated rings. The van der Waals surface area contributed by atoms with Crippen molar-refractivity contribution >= 4 is 27.3 Å². The molecule has 0 amide bonds. The Hall–Kier alpha value is -0.960. The Kier molecular flexibility index (Phi) is 3.45. The first-order valence-corrected chi connectivity index (χ1v) is 7.54. The molecule has 1 N–H and O–H groups in total. The van der Waals surface area contributed by atoms with Gasteiger partial charge in [0.1, 0.15) is 9.77 Å². The number of aliphatic hydroxyl groups is 1. The summed E-state index contributed by atoms with van der Waals surface area (Å²) in [5.41, 5.74) is 0.516. The lowest BCUT2D eigenvalue weighted by molar-refractivity contribution is 0.0544. The molecule has 18 heavy (non-hydrogen) atoms. The molecular formula is C10H13NO5S2. The number of rotatable bonds is 3. The minimum atomic E-state index is -3.73. The van der Waals surface area contributed by atoms with E-state index in [1.807, 2.05) is 0 Å². The second-order valence-corrected chi connectivity index (χ2v) is 6.80. The molecule has 0 saturated carbocycles. The van der Waals surface area contributed by atoms with Gasteiger partial charge >= 0.3 is 5.97 Å². The smallest absolute Gasteiger partial charge is 0.349 e. The molecule has 0 aliphatic carbocycles. The molecule has 1 aliphatic rings. The zero-order chi connectivity index (χ0) is 13.5. The van der Waals surface area contributed by atoms with Crippen molar-refractivity contribution in [2.24, 2.45) is 0 Å². The lowest BCUT2D eigenvalue weighted by atomic mass is 10.2. The summed E-state index contributed by atoms with van der Waals surface area (Å²) in [6.07, 6.45) is -0.625. The Morgan fingerprint density at radius 2 is 2.17 bits per heavy atom. The average molecular weight is 291 g/mol. The van der Waals surface area contributed by atoms with Gasteiger partial charge in [-0.15, -0.1) is 11.3 Å². The van der Waals surface area contributed by atoms with Crippen LogP contribution in [-0.4, -0.2) is 50.1 Å². The van der Waals surface area contributed by atoms with Gasteiger partial charge in [0, 0.05) is 13.1 Å². The van der Waals surface area contributed by atoms with E-state index in [4.69, 9.17) is 0 Å². The molecule has 0 atom stereocenters. The van der Waals surface area contributed by atoms with Crippen LogP contribution in [0, 0.1) is 6.92 Å². The first-order chi connectivity index (χ1) is 8.37. The molecule has 1 aromatic rings. The van der Waals surface area contributed by atoms with Crippen molar-refractivity contribution < 1.29 is 23.1 Å². The maximum atomic E-state index is 12.3. The lowest BCUT2D eigenvalue weighted by Crippen LogP contribution is -2.53. The van der Waals surface area contributed by atoms with Crippen molar-refractivity contribution in [3.8, 4) is 0 Å². The highest BCUT2D eigenvalue weighted by molar-refractivity contribution is 7.89. The van der Waals surface area contributed by atoms with Crippen LogP contribution >= 0.6 is 11.3 Å². The lowest BCUT2D eigenvalue weighted by Gasteiger charge is -2.34. The highest BCUT2D eigenvalue weighted by atomic mass is 32.2. The van der Waals surface area contributed by atoms with Gasteiger partial charge in [-0.3, -0.25) is 0 Å². The second-order valence-electron chi connectivity index (χ2n) is 4.04. The van der Waals surface area contributed by atoms with Crippen LogP contribution in [0.25, 0.3) is 0 Å². The van der Waals surface area contributed by atoms with E-state index in [9.17, 15) is 18.3 Å². The van der Waals surface area contributed by atoms with Gasteiger partial charge in [0.2, 0.25) is 10.0 Å². The number of carbonyl (C=O) groups is 1. The number of thiophene rings is 1. The van der Waals surface area contributed by atoms with Gasteiger partial charge in [-0.05, 0) is 17.9 Å². The third-order valence-electron chi connectivity index (χ3n) is 2.72. The van der Waals surface area contributed by atoms with E-state index in [-0.39, 0.29) is 22.9 Å². The minimum Gasteiger partial charge on any atom is -0.465 e. The summed E-state index contributed by atoms with van der Waals surface area (Å²) in [5.74, 6) is -0.659. The zero-order valence-corrected chi connectivity index (χ0v) is 11.5. The van der Waals surface area contributed by atoms with Crippen molar-refractivity contribution in [2.75, 3.05) is 20.2 Å². The monoisotopic (exact) mass is 291 g/mol. The van der Waals surface area contributed by atoms with Crippen LogP contribution in [0.2, 0.25) is 0 Å². The number of carbonyl (C=O) groups excluding carboxylic acids is 1. The first-order valence-electron chi connectivity index (χ1n) is 5.22. The minimum absolute atomic E-state index is 0.00810. The standard InChI is InChI=1S/C10H13NO5S2/c1-6-5-17-8(10(13)16-2)9(6)18(14,15)11-3-7(12)4-11/h5,7,12H,3-4H2,1-2H3. The molecule has 0 unspecified atom stereocenters. The van der Waals surface area contributed by atoms with Gasteiger partial charge in [-0.25, -0.2) is 13.2 Å². The number of hydrogen-bond donors (Lipinski definition) is 1. The Bertz CT molecular complexity index is 571. The van der Waals surface area contributed by atoms with Crippen LogP contribution in [0.15, 0.2) is 10.3 Å². The number of β-amino-alcohol motifs (C(OH)–C–C–N with tert-alkyl or cyclic N) is 1. The predicted octanol–water partition coefficient (Wildman–Crippen LogP) is 0.208. The maximum absolute atomic E-state index is 12.3. The highest BCUT2D eigenvalue weighted by Crippen LogP contribution is 2.31. The molecule has 100 valence electrons. The second kappa shape index (κ2) is 4.61. The molecule has 6 nitrogen and oxygen atoms in total. The van der Waals surface area contributed by atoms with Crippen molar-refractivity contribution in [3.63, 3.8) is 0 Å². The molecule has 1 aromatic heterocycles. The molecule has 0 aromatic carbocycles. The number of nitrogens with zero attached hydrogens (tertiary/aromatic N) is 1. The summed E-state index contributed by atoms with van der Waals surface area (Å²) in [5, 5.41) is 10.8. The molecular weight excluding hydrogens is 278 g/mol. The summed E-state index contributed by atoms with van der Waals surface area (Å²) in [7, 11) is -2.52. The van der Waals surface area contributed by atoms with E-state index in [1.54, 1.807) is 12.3 Å². The van der Waals surface area contributed by atoms with Crippen LogP contribution < -0.4 is 0 Å². The number of ether oxygens (including phenoxy) is 1. The van der Waals surface area contributed by atoms with Crippen molar-refractivity contribution in [1.82, 2.24) is 4.31 Å². The summed E-state index contributed by atoms with van der Waals surface area (Å²) < 4.78 is 30.3. The Balaban J connectivity index is 2.44. The van der Waals surface area contributed by atoms with Crippen LogP contribution in [-0.2, 0) is 14.8 Å². The van der Waals surface area contributed by atoms with Crippen LogP contribution in [0.5, 0.6) is 0 Å². The SMILES string of the molecule is COC(=O)c1scc(C)c1S(=O)(=O)N1CC(O)C1. The number of aliphatic hydroxyl groups excluding tert-OH is 1. The first kappa shape index (κ1) is 13.5. The van der Waals surface area contributed by atoms with Crippen LogP contribution in [0.1, 0.15) is 15.2 Å². The van der Waals surface area contributed by atoms with E-state index in [0.717, 1.165) is 15.6 Å². The molecule has 1 aliphatic heterocycles. The number of sulfonamides is 1. The van der Waals surface area contributed by atoms with Gasteiger partial charge < -0.3 is 9.84 Å². The number of esters is 1. The predicted molar refractivity (Wildman–Crippen MR) is 65.2 cm³/mol. The van der Waals surface area contributed by atoms with E-state index in [1.165, 1.54) is 7.11 Å². The van der Waals surface area contributed by atoms with Gasteiger partial charge in [0.15, 0.2) is 0 Å². The fourth-order valence-electron chi connectivity index (χ4n) is 1.73. The number of methoxy groups -OCH3 is 1. The molecule has 8 heteroatoms. The van der Waals surface area contributed by atoms with Gasteiger partial charge in [0.05, 0.1) is 13.2 Å². The molecule has 0 bridgehead atoms. The molecule has 1 saturated heterocycles. The van der Waals surface area contributed by atoms with Gasteiger partial charge in [0.25, 0.3) is 0 Å². The highest BCUT2D eigenvalue weighted by Gasteiger charge is 2.39. The fourth-order valence-corrected chi connectivity index (χ4v) is 4.90. The Morgan fingerprint density at radius 1 is 1.56 bits per heavy atom. The molecule has 2 heterocycles. The van der Waals surface area contributed by atoms with Crippen LogP contribution in [0.3, 0.4) is 0 Å². The van der Waals surface area contributed by atoms with Crippen molar-refractivity contribution in [1.29, 1.82) is 0 Å². The summed E-state index contributed by atoms with van der Waals surface area (Å²) in [6, 6.07) is 0. The Morgan fingerprint density at radius 3 is 2.67 bits per heavy atom. The van der Waals surface area contributed by atoms with E-state index >= 15 is 0 Å². The van der Waals surface area contributed by atoms with Crippen LogP contribution in [0.4, 0.5) is 0 Å². The molecule has 0 spiro atoms. The van der Waals surface area contributed by atoms with E-state index in [2.05, 4.69) is 4.74 Å². The Labute approximate surface area is 109 Å². The largest absolute Gasteiger partial charge is 0.465 e. The fraction of sp³-hybridized carbons (Fsp3) is 0.500. The number of hydrogen-bond acceptors (Lipinski definition) is 6. The topological polar surface area (TPSA) is 83.9 Å². The molecule has 0 radical (unpaired) electrons. The molecule has 2 rings (SSSR count). The number of aryl methyl sites for hydroxylation is 1. The maximum Gasteiger partial charge on any atom is 0.349 e. The third kappa shape index (κ3) is 2.05. The zero-order valence-electron chi connectivity index (χ0n) is 9.91. The summed E-state index contributed by atoms with van der Waals surface area (Å²) >= 11 is 1.05. The third-order valence-corrected chi connectivity index (χ3v) is 5.94. The van der Waals surface area contributed by atoms with Gasteiger partial charge in [-0.2, -0.15) is 4.31 Å². The summed E-state index contributed by atoms with van der Waals surface area (Å²) in [6.45, 7) is 1.77.